The van der Waals surface area contributed by atoms with Crippen LogP contribution in [0.3, 0.4) is 0 Å². The first-order valence-corrected chi connectivity index (χ1v) is 5.98. The fourth-order valence-electron chi connectivity index (χ4n) is 1.60. The molecule has 2 aromatic rings. The quantitative estimate of drug-likeness (QED) is 0.782. The van der Waals surface area contributed by atoms with Crippen molar-refractivity contribution in [2.45, 2.75) is 26.4 Å². The van der Waals surface area contributed by atoms with Gasteiger partial charge in [0.15, 0.2) is 0 Å². The van der Waals surface area contributed by atoms with Crippen LogP contribution in [0.1, 0.15) is 31.3 Å². The van der Waals surface area contributed by atoms with Crippen molar-refractivity contribution in [1.29, 1.82) is 0 Å². The zero-order valence-electron chi connectivity index (χ0n) is 11.4. The Hall–Kier alpha value is -2.57. The Morgan fingerprint density at radius 1 is 1.35 bits per heavy atom. The van der Waals surface area contributed by atoms with Gasteiger partial charge in [0.25, 0.3) is 0 Å². The molecule has 0 bridgehead atoms. The van der Waals surface area contributed by atoms with E-state index in [1.807, 2.05) is 0 Å². The van der Waals surface area contributed by atoms with Crippen LogP contribution in [0.15, 0.2) is 18.2 Å². The number of aromatic carboxylic acids is 1. The lowest BCUT2D eigenvalue weighted by atomic mass is 10.2. The van der Waals surface area contributed by atoms with E-state index in [1.54, 1.807) is 32.9 Å². The number of nitrogens with one attached hydrogen (secondary N) is 2. The normalized spacial score (nSPS) is 11.3. The highest BCUT2D eigenvalue weighted by Gasteiger charge is 2.17. The predicted octanol–water partition coefficient (Wildman–Crippen LogP) is 2.61. The lowest BCUT2D eigenvalue weighted by Gasteiger charge is -2.19. The lowest BCUT2D eigenvalue weighted by Crippen LogP contribution is -2.27. The SMILES string of the molecule is CC(C)(C)OC(=O)Nc1ccc2[nH]c(C(=O)O)cc2n1. The number of amides is 1. The van der Waals surface area contributed by atoms with Gasteiger partial charge >= 0.3 is 12.1 Å². The number of anilines is 1. The summed E-state index contributed by atoms with van der Waals surface area (Å²) in [6.07, 6.45) is -0.613. The Labute approximate surface area is 115 Å². The van der Waals surface area contributed by atoms with Gasteiger partial charge in [-0.05, 0) is 39.0 Å². The van der Waals surface area contributed by atoms with Crippen LogP contribution in [0, 0.1) is 0 Å². The van der Waals surface area contributed by atoms with Gasteiger partial charge in [-0.25, -0.2) is 14.6 Å². The molecule has 0 atom stereocenters. The molecule has 1 amide bonds. The molecule has 0 aromatic carbocycles. The fourth-order valence-corrected chi connectivity index (χ4v) is 1.60. The van der Waals surface area contributed by atoms with Crippen LogP contribution in [0.25, 0.3) is 11.0 Å². The number of ether oxygens (including phenoxy) is 1. The summed E-state index contributed by atoms with van der Waals surface area (Å²) in [5.74, 6) is -0.771. The molecule has 106 valence electrons. The minimum atomic E-state index is -1.07. The summed E-state index contributed by atoms with van der Waals surface area (Å²) in [6, 6.07) is 4.60. The number of hydrogen-bond acceptors (Lipinski definition) is 4. The Bertz CT molecular complexity index is 670. The Morgan fingerprint density at radius 3 is 2.65 bits per heavy atom. The number of fused-ring (bicyclic) bond motifs is 1. The summed E-state index contributed by atoms with van der Waals surface area (Å²) in [4.78, 5) is 29.3. The van der Waals surface area contributed by atoms with Gasteiger partial charge in [-0.15, -0.1) is 0 Å². The van der Waals surface area contributed by atoms with Gasteiger partial charge in [-0.2, -0.15) is 0 Å². The van der Waals surface area contributed by atoms with Crippen molar-refractivity contribution in [2.75, 3.05) is 5.32 Å². The second-order valence-corrected chi connectivity index (χ2v) is 5.24. The van der Waals surface area contributed by atoms with Gasteiger partial charge in [0.2, 0.25) is 0 Å². The summed E-state index contributed by atoms with van der Waals surface area (Å²) in [6.45, 7) is 5.28. The first-order chi connectivity index (χ1) is 9.24. The van der Waals surface area contributed by atoms with Crippen molar-refractivity contribution in [3.05, 3.63) is 23.9 Å². The first-order valence-electron chi connectivity index (χ1n) is 5.98. The molecule has 0 aliphatic rings. The van der Waals surface area contributed by atoms with Gasteiger partial charge in [0.1, 0.15) is 17.1 Å². The number of carbonyl (C=O) groups is 2. The van der Waals surface area contributed by atoms with Crippen LogP contribution < -0.4 is 5.32 Å². The Kier molecular flexibility index (Phi) is 3.35. The number of nitrogens with zero attached hydrogens (tertiary/aromatic N) is 1. The van der Waals surface area contributed by atoms with Crippen molar-refractivity contribution in [3.63, 3.8) is 0 Å². The summed E-state index contributed by atoms with van der Waals surface area (Å²) >= 11 is 0. The number of pyridine rings is 1. The van der Waals surface area contributed by atoms with Gasteiger partial charge in [-0.1, -0.05) is 0 Å². The van der Waals surface area contributed by atoms with Crippen LogP contribution in [-0.2, 0) is 4.74 Å². The highest BCUT2D eigenvalue weighted by atomic mass is 16.6. The molecular weight excluding hydrogens is 262 g/mol. The maximum absolute atomic E-state index is 11.6. The fraction of sp³-hybridized carbons (Fsp3) is 0.308. The molecular formula is C13H15N3O4. The summed E-state index contributed by atoms with van der Waals surface area (Å²) < 4.78 is 5.11. The molecule has 7 heteroatoms. The van der Waals surface area contributed by atoms with E-state index in [0.717, 1.165) is 0 Å². The van der Waals surface area contributed by atoms with Crippen molar-refractivity contribution < 1.29 is 19.4 Å². The molecule has 0 saturated carbocycles. The number of hydrogen-bond donors (Lipinski definition) is 3. The third kappa shape index (κ3) is 3.25. The predicted molar refractivity (Wildman–Crippen MR) is 72.9 cm³/mol. The zero-order valence-corrected chi connectivity index (χ0v) is 11.4. The summed E-state index contributed by atoms with van der Waals surface area (Å²) in [5.41, 5.74) is 0.480. The first kappa shape index (κ1) is 13.9. The molecule has 0 spiro atoms. The van der Waals surface area contributed by atoms with Gasteiger partial charge < -0.3 is 14.8 Å². The maximum Gasteiger partial charge on any atom is 0.413 e. The minimum absolute atomic E-state index is 0.0434. The second-order valence-electron chi connectivity index (χ2n) is 5.24. The molecule has 0 unspecified atom stereocenters. The number of carboxylic acid groups (broad SMARTS) is 1. The van der Waals surface area contributed by atoms with Gasteiger partial charge in [-0.3, -0.25) is 5.32 Å². The number of rotatable bonds is 2. The van der Waals surface area contributed by atoms with E-state index in [2.05, 4.69) is 15.3 Å². The van der Waals surface area contributed by atoms with Crippen LogP contribution in [-0.4, -0.2) is 32.7 Å². The van der Waals surface area contributed by atoms with Crippen LogP contribution in [0.2, 0.25) is 0 Å². The third-order valence-corrected chi connectivity index (χ3v) is 2.33. The standard InChI is InChI=1S/C13H15N3O4/c1-13(2,3)20-12(19)16-10-5-4-7-8(15-10)6-9(14-7)11(17)18/h4-6,14H,1-3H3,(H,17,18)(H,15,16,19). The highest BCUT2D eigenvalue weighted by molar-refractivity contribution is 5.93. The van der Waals surface area contributed by atoms with E-state index in [9.17, 15) is 9.59 Å². The zero-order chi connectivity index (χ0) is 14.9. The minimum Gasteiger partial charge on any atom is -0.477 e. The van der Waals surface area contributed by atoms with E-state index in [-0.39, 0.29) is 5.69 Å². The van der Waals surface area contributed by atoms with Gasteiger partial charge in [0.05, 0.1) is 11.0 Å². The Balaban J connectivity index is 2.19. The van der Waals surface area contributed by atoms with Crippen molar-refractivity contribution in [1.82, 2.24) is 9.97 Å². The molecule has 7 nitrogen and oxygen atoms in total. The van der Waals surface area contributed by atoms with Crippen LogP contribution >= 0.6 is 0 Å². The van der Waals surface area contributed by atoms with E-state index < -0.39 is 17.7 Å². The number of H-pyrrole nitrogens is 1. The molecule has 0 saturated heterocycles. The summed E-state index contributed by atoms with van der Waals surface area (Å²) in [7, 11) is 0. The maximum atomic E-state index is 11.6. The molecule has 2 aromatic heterocycles. The van der Waals surface area contributed by atoms with Crippen molar-refractivity contribution >= 4 is 28.9 Å². The average molecular weight is 277 g/mol. The van der Waals surface area contributed by atoms with Crippen molar-refractivity contribution in [3.8, 4) is 0 Å². The van der Waals surface area contributed by atoms with Crippen molar-refractivity contribution in [2.24, 2.45) is 0 Å². The third-order valence-electron chi connectivity index (χ3n) is 2.33. The molecule has 0 radical (unpaired) electrons. The highest BCUT2D eigenvalue weighted by Crippen LogP contribution is 2.17. The van der Waals surface area contributed by atoms with E-state index in [0.29, 0.717) is 16.9 Å². The van der Waals surface area contributed by atoms with E-state index in [1.165, 1.54) is 6.07 Å². The molecule has 2 rings (SSSR count). The lowest BCUT2D eigenvalue weighted by molar-refractivity contribution is 0.0633. The number of carboxylic acids is 1. The molecule has 3 N–H and O–H groups in total. The number of carbonyl (C=O) groups excluding carboxylic acids is 1. The van der Waals surface area contributed by atoms with Crippen LogP contribution in [0.5, 0.6) is 0 Å². The largest absolute Gasteiger partial charge is 0.477 e. The molecule has 0 aliphatic carbocycles. The molecule has 20 heavy (non-hydrogen) atoms. The average Bonchev–Trinajstić information content (AvgIpc) is 2.69. The summed E-state index contributed by atoms with van der Waals surface area (Å²) in [5, 5.41) is 11.4. The molecule has 0 fully saturated rings. The monoisotopic (exact) mass is 277 g/mol. The van der Waals surface area contributed by atoms with E-state index >= 15 is 0 Å². The Morgan fingerprint density at radius 2 is 2.05 bits per heavy atom. The van der Waals surface area contributed by atoms with E-state index in [4.69, 9.17) is 9.84 Å². The molecule has 0 aliphatic heterocycles. The number of aromatic amines is 1. The van der Waals surface area contributed by atoms with Gasteiger partial charge in [0, 0.05) is 0 Å². The second kappa shape index (κ2) is 4.84. The number of aromatic nitrogens is 2. The smallest absolute Gasteiger partial charge is 0.413 e. The molecule has 2 heterocycles. The van der Waals surface area contributed by atoms with Crippen LogP contribution in [0.4, 0.5) is 10.6 Å². The topological polar surface area (TPSA) is 104 Å².